The van der Waals surface area contributed by atoms with E-state index in [9.17, 15) is 4.79 Å². The molecule has 1 amide bonds. The van der Waals surface area contributed by atoms with Crippen LogP contribution < -0.4 is 10.2 Å². The summed E-state index contributed by atoms with van der Waals surface area (Å²) in [6.45, 7) is 4.97. The number of anilines is 3. The van der Waals surface area contributed by atoms with Crippen molar-refractivity contribution in [3.8, 4) is 0 Å². The molecule has 0 saturated carbocycles. The number of amides is 1. The van der Waals surface area contributed by atoms with Crippen molar-refractivity contribution in [1.82, 2.24) is 29.7 Å². The highest BCUT2D eigenvalue weighted by molar-refractivity contribution is 5.90. The number of hydrogen-bond donors (Lipinski definition) is 2. The first-order chi connectivity index (χ1) is 20.1. The van der Waals surface area contributed by atoms with Crippen LogP contribution in [0.1, 0.15) is 48.6 Å². The van der Waals surface area contributed by atoms with Crippen LogP contribution in [0.5, 0.6) is 0 Å². The van der Waals surface area contributed by atoms with E-state index >= 15 is 0 Å². The van der Waals surface area contributed by atoms with E-state index in [1.54, 1.807) is 0 Å². The van der Waals surface area contributed by atoms with Crippen LogP contribution in [-0.2, 0) is 22.5 Å². The molecule has 11 nitrogen and oxygen atoms in total. The molecule has 214 valence electrons. The number of nitrogens with zero attached hydrogens (tertiary/aromatic N) is 7. The Labute approximate surface area is 238 Å². The number of ether oxygens (including phenoxy) is 1. The quantitative estimate of drug-likeness (QED) is 0.448. The first-order valence-electron chi connectivity index (χ1n) is 15.0. The van der Waals surface area contributed by atoms with Gasteiger partial charge in [-0.1, -0.05) is 6.07 Å². The fourth-order valence-electron chi connectivity index (χ4n) is 7.25. The highest BCUT2D eigenvalue weighted by atomic mass is 16.5. The molecule has 5 aliphatic heterocycles. The zero-order valence-electron chi connectivity index (χ0n) is 23.2. The van der Waals surface area contributed by atoms with E-state index < -0.39 is 0 Å². The van der Waals surface area contributed by atoms with Crippen LogP contribution in [0.15, 0.2) is 24.4 Å². The third-order valence-electron chi connectivity index (χ3n) is 9.64. The third-order valence-corrected chi connectivity index (χ3v) is 9.64. The molecule has 11 heteroatoms. The van der Waals surface area contributed by atoms with E-state index in [0.29, 0.717) is 49.4 Å². The van der Waals surface area contributed by atoms with Crippen molar-refractivity contribution in [2.24, 2.45) is 5.92 Å². The van der Waals surface area contributed by atoms with Gasteiger partial charge in [-0.25, -0.2) is 19.9 Å². The number of rotatable bonds is 7. The van der Waals surface area contributed by atoms with Crippen molar-refractivity contribution in [3.63, 3.8) is 0 Å². The number of carbonyl (C=O) groups is 1. The second-order valence-corrected chi connectivity index (χ2v) is 12.2. The van der Waals surface area contributed by atoms with E-state index in [2.05, 4.69) is 32.2 Å². The number of fused-ring (bicyclic) bond motifs is 4. The van der Waals surface area contributed by atoms with E-state index in [-0.39, 0.29) is 18.4 Å². The molecule has 3 aromatic heterocycles. The maximum atomic E-state index is 13.0. The summed E-state index contributed by atoms with van der Waals surface area (Å²) >= 11 is 0. The molecule has 2 N–H and O–H groups in total. The second kappa shape index (κ2) is 10.1. The monoisotopic (exact) mass is 556 g/mol. The minimum atomic E-state index is 0.0373. The largest absolute Gasteiger partial charge is 0.395 e. The van der Waals surface area contributed by atoms with Crippen LogP contribution in [0.25, 0.3) is 10.9 Å². The lowest BCUT2D eigenvalue weighted by Gasteiger charge is -2.41. The van der Waals surface area contributed by atoms with E-state index in [4.69, 9.17) is 24.8 Å². The van der Waals surface area contributed by atoms with Crippen molar-refractivity contribution >= 4 is 34.4 Å². The van der Waals surface area contributed by atoms with Gasteiger partial charge in [0.15, 0.2) is 5.82 Å². The molecule has 41 heavy (non-hydrogen) atoms. The number of carbonyl (C=O) groups excluding carboxylic acids is 1. The van der Waals surface area contributed by atoms with E-state index in [1.807, 2.05) is 17.2 Å². The topological polar surface area (TPSA) is 120 Å². The Morgan fingerprint density at radius 1 is 1.07 bits per heavy atom. The molecule has 0 radical (unpaired) electrons. The van der Waals surface area contributed by atoms with Crippen molar-refractivity contribution in [2.45, 2.75) is 56.7 Å². The Bertz CT molecular complexity index is 1470. The summed E-state index contributed by atoms with van der Waals surface area (Å²) in [6.07, 6.45) is 7.54. The van der Waals surface area contributed by atoms with Crippen molar-refractivity contribution < 1.29 is 14.6 Å². The van der Waals surface area contributed by atoms with Crippen LogP contribution in [0.2, 0.25) is 0 Å². The molecule has 2 bridgehead atoms. The average molecular weight is 557 g/mol. The first-order valence-corrected chi connectivity index (χ1v) is 15.0. The van der Waals surface area contributed by atoms with Crippen LogP contribution in [-0.4, -0.2) is 98.8 Å². The van der Waals surface area contributed by atoms with E-state index in [1.165, 1.54) is 25.7 Å². The van der Waals surface area contributed by atoms with Gasteiger partial charge >= 0.3 is 0 Å². The fourth-order valence-corrected chi connectivity index (χ4v) is 7.25. The van der Waals surface area contributed by atoms with Crippen LogP contribution in [0.4, 0.5) is 17.6 Å². The fraction of sp³-hybridized carbons (Fsp3) is 0.567. The van der Waals surface area contributed by atoms with Gasteiger partial charge in [0.2, 0.25) is 11.9 Å². The molecule has 0 aliphatic carbocycles. The molecule has 3 aromatic rings. The molecule has 0 atom stereocenters. The number of aliphatic hydroxyl groups excluding tert-OH is 1. The van der Waals surface area contributed by atoms with Crippen molar-refractivity contribution in [1.29, 1.82) is 0 Å². The summed E-state index contributed by atoms with van der Waals surface area (Å²) in [5.41, 5.74) is 4.08. The number of nitrogens with one attached hydrogen (secondary N) is 1. The Kier molecular flexibility index (Phi) is 6.26. The van der Waals surface area contributed by atoms with Gasteiger partial charge in [0.25, 0.3) is 0 Å². The predicted octanol–water partition coefficient (Wildman–Crippen LogP) is 2.22. The zero-order valence-corrected chi connectivity index (χ0v) is 23.2. The Morgan fingerprint density at radius 3 is 2.61 bits per heavy atom. The lowest BCUT2D eigenvalue weighted by atomic mass is 9.96. The summed E-state index contributed by atoms with van der Waals surface area (Å²) in [5.74, 6) is 2.81. The summed E-state index contributed by atoms with van der Waals surface area (Å²) in [7, 11) is 0. The minimum Gasteiger partial charge on any atom is -0.395 e. The SMILES string of the molecule is O=C(C1CN(CCO)C1)N1CCc2nc(Nc3ncc4cc(C5COC5)nc(N5C6CCC5CC6)c4n3)ccc2C1. The second-order valence-electron chi connectivity index (χ2n) is 12.2. The Morgan fingerprint density at radius 2 is 1.88 bits per heavy atom. The Balaban J connectivity index is 1.02. The number of aromatic nitrogens is 4. The smallest absolute Gasteiger partial charge is 0.229 e. The third kappa shape index (κ3) is 4.50. The van der Waals surface area contributed by atoms with Crippen LogP contribution >= 0.6 is 0 Å². The molecular weight excluding hydrogens is 520 g/mol. The summed E-state index contributed by atoms with van der Waals surface area (Å²) in [4.78, 5) is 39.3. The standard InChI is InChI=1S/C30H36N8O3/c39-10-9-36-13-20(14-36)29(40)37-8-7-24-18(15-37)1-6-26(32-24)34-30-31-12-19-11-25(21-16-41-17-21)33-28(27(19)35-30)38-22-2-3-23(38)5-4-22/h1,6,11-12,20-23,39H,2-5,7-10,13-17H2,(H,31,32,34,35). The van der Waals surface area contributed by atoms with Gasteiger partial charge < -0.3 is 25.0 Å². The summed E-state index contributed by atoms with van der Waals surface area (Å²) < 4.78 is 5.46. The van der Waals surface area contributed by atoms with Gasteiger partial charge in [-0.2, -0.15) is 0 Å². The number of pyridine rings is 2. The van der Waals surface area contributed by atoms with Gasteiger partial charge in [0.05, 0.1) is 31.4 Å². The molecule has 0 unspecified atom stereocenters. The minimum absolute atomic E-state index is 0.0373. The molecule has 4 saturated heterocycles. The highest BCUT2D eigenvalue weighted by Gasteiger charge is 2.41. The number of hydrogen-bond acceptors (Lipinski definition) is 10. The van der Waals surface area contributed by atoms with Gasteiger partial charge in [-0.05, 0) is 43.4 Å². The maximum absolute atomic E-state index is 13.0. The van der Waals surface area contributed by atoms with Crippen molar-refractivity contribution in [3.05, 3.63) is 41.3 Å². The van der Waals surface area contributed by atoms with Crippen LogP contribution in [0.3, 0.4) is 0 Å². The number of β-amino-alcohol motifs (C(OH)–C–C–N with tert-alkyl or cyclic N) is 1. The zero-order chi connectivity index (χ0) is 27.5. The highest BCUT2D eigenvalue weighted by Crippen LogP contribution is 2.43. The average Bonchev–Trinajstić information content (AvgIpc) is 3.53. The molecule has 4 fully saturated rings. The van der Waals surface area contributed by atoms with Gasteiger partial charge in [-0.3, -0.25) is 9.69 Å². The molecule has 8 heterocycles. The predicted molar refractivity (Wildman–Crippen MR) is 153 cm³/mol. The molecular formula is C30H36N8O3. The maximum Gasteiger partial charge on any atom is 0.229 e. The van der Waals surface area contributed by atoms with Crippen LogP contribution in [0, 0.1) is 5.92 Å². The summed E-state index contributed by atoms with van der Waals surface area (Å²) in [5, 5.41) is 13.5. The Hall–Kier alpha value is -3.41. The van der Waals surface area contributed by atoms with Gasteiger partial charge in [0, 0.05) is 74.4 Å². The normalized spacial score (nSPS) is 24.4. The molecule has 0 aromatic carbocycles. The molecule has 8 rings (SSSR count). The number of aliphatic hydroxyl groups is 1. The van der Waals surface area contributed by atoms with Gasteiger partial charge in [0.1, 0.15) is 11.3 Å². The molecule has 5 aliphatic rings. The van der Waals surface area contributed by atoms with Gasteiger partial charge in [-0.15, -0.1) is 0 Å². The lowest BCUT2D eigenvalue weighted by molar-refractivity contribution is -0.142. The molecule has 0 spiro atoms. The summed E-state index contributed by atoms with van der Waals surface area (Å²) in [6, 6.07) is 7.24. The number of likely N-dealkylation sites (tertiary alicyclic amines) is 1. The van der Waals surface area contributed by atoms with Crippen molar-refractivity contribution in [2.75, 3.05) is 56.2 Å². The first kappa shape index (κ1) is 25.3. The lowest BCUT2D eigenvalue weighted by Crippen LogP contribution is -2.55. The van der Waals surface area contributed by atoms with E-state index in [0.717, 1.165) is 66.4 Å².